The van der Waals surface area contributed by atoms with E-state index >= 15 is 0 Å². The van der Waals surface area contributed by atoms with Gasteiger partial charge in [-0.15, -0.1) is 11.3 Å². The van der Waals surface area contributed by atoms with Gasteiger partial charge in [-0.05, 0) is 23.6 Å². The highest BCUT2D eigenvalue weighted by Gasteiger charge is 2.53. The van der Waals surface area contributed by atoms with Gasteiger partial charge >= 0.3 is 6.18 Å². The molecule has 2 rings (SSSR count). The first-order valence-electron chi connectivity index (χ1n) is 5.61. The fourth-order valence-electron chi connectivity index (χ4n) is 1.63. The molecule has 1 unspecified atom stereocenters. The van der Waals surface area contributed by atoms with Crippen molar-refractivity contribution in [1.82, 2.24) is 0 Å². The number of thiophene rings is 1. The first-order chi connectivity index (χ1) is 9.34. The van der Waals surface area contributed by atoms with Crippen molar-refractivity contribution in [1.29, 1.82) is 0 Å². The zero-order chi connectivity index (χ0) is 14.8. The van der Waals surface area contributed by atoms with Gasteiger partial charge < -0.3 is 5.11 Å². The summed E-state index contributed by atoms with van der Waals surface area (Å²) < 4.78 is 52.6. The Kier molecular flexibility index (Phi) is 3.96. The summed E-state index contributed by atoms with van der Waals surface area (Å²) in [5, 5.41) is 11.4. The van der Waals surface area contributed by atoms with Gasteiger partial charge in [-0.1, -0.05) is 30.3 Å². The van der Waals surface area contributed by atoms with Crippen LogP contribution in [0.4, 0.5) is 17.6 Å². The number of alkyl halides is 3. The molecule has 0 amide bonds. The molecule has 106 valence electrons. The first-order valence-corrected chi connectivity index (χ1v) is 6.49. The molecule has 0 aliphatic carbocycles. The molecule has 20 heavy (non-hydrogen) atoms. The van der Waals surface area contributed by atoms with Crippen LogP contribution in [0.3, 0.4) is 0 Å². The Hall–Kier alpha value is -1.66. The fraction of sp³-hybridized carbons (Fsp3) is 0.143. The predicted octanol–water partition coefficient (Wildman–Crippen LogP) is 4.35. The maximum absolute atomic E-state index is 13.4. The summed E-state index contributed by atoms with van der Waals surface area (Å²) in [7, 11) is 0. The lowest BCUT2D eigenvalue weighted by Gasteiger charge is -2.26. The Morgan fingerprint density at radius 1 is 1.05 bits per heavy atom. The van der Waals surface area contributed by atoms with Crippen LogP contribution in [0.1, 0.15) is 10.4 Å². The minimum atomic E-state index is -4.89. The third-order valence-corrected chi connectivity index (χ3v) is 3.73. The second kappa shape index (κ2) is 5.38. The molecule has 1 aromatic heterocycles. The second-order valence-electron chi connectivity index (χ2n) is 4.10. The third kappa shape index (κ3) is 2.76. The minimum Gasteiger partial charge on any atom is -0.372 e. The number of rotatable bonds is 3. The number of benzene rings is 1. The van der Waals surface area contributed by atoms with Crippen LogP contribution in [-0.4, -0.2) is 11.3 Å². The van der Waals surface area contributed by atoms with E-state index < -0.39 is 17.6 Å². The van der Waals surface area contributed by atoms with Crippen molar-refractivity contribution in [2.24, 2.45) is 0 Å². The summed E-state index contributed by atoms with van der Waals surface area (Å²) >= 11 is 0.781. The SMILES string of the molecule is OC(C=Cc1ccccc1F)(c1cccs1)C(F)(F)F. The van der Waals surface area contributed by atoms with Crippen molar-refractivity contribution in [2.45, 2.75) is 11.8 Å². The van der Waals surface area contributed by atoms with Crippen molar-refractivity contribution >= 4 is 17.4 Å². The van der Waals surface area contributed by atoms with Crippen molar-refractivity contribution in [2.75, 3.05) is 0 Å². The molecule has 1 N–H and O–H groups in total. The number of hydrogen-bond acceptors (Lipinski definition) is 2. The topological polar surface area (TPSA) is 20.2 Å². The van der Waals surface area contributed by atoms with E-state index in [2.05, 4.69) is 0 Å². The highest BCUT2D eigenvalue weighted by molar-refractivity contribution is 7.10. The second-order valence-corrected chi connectivity index (χ2v) is 5.04. The molecule has 0 aliphatic heterocycles. The summed E-state index contributed by atoms with van der Waals surface area (Å²) in [4.78, 5) is -0.266. The van der Waals surface area contributed by atoms with E-state index in [1.165, 1.54) is 35.7 Å². The van der Waals surface area contributed by atoms with E-state index in [-0.39, 0.29) is 10.4 Å². The molecule has 0 bridgehead atoms. The van der Waals surface area contributed by atoms with Gasteiger partial charge in [0, 0.05) is 10.4 Å². The van der Waals surface area contributed by atoms with Gasteiger partial charge in [-0.25, -0.2) is 4.39 Å². The average Bonchev–Trinajstić information content (AvgIpc) is 2.90. The van der Waals surface area contributed by atoms with Gasteiger partial charge in [0.25, 0.3) is 0 Å². The third-order valence-electron chi connectivity index (χ3n) is 2.74. The zero-order valence-electron chi connectivity index (χ0n) is 10.1. The molecule has 1 heterocycles. The lowest BCUT2D eigenvalue weighted by atomic mass is 9.99. The Morgan fingerprint density at radius 3 is 2.30 bits per heavy atom. The van der Waals surface area contributed by atoms with E-state index in [0.29, 0.717) is 6.08 Å². The van der Waals surface area contributed by atoms with E-state index in [1.807, 2.05) is 0 Å². The van der Waals surface area contributed by atoms with E-state index in [4.69, 9.17) is 0 Å². The van der Waals surface area contributed by atoms with Gasteiger partial charge in [0.2, 0.25) is 5.60 Å². The molecule has 1 aromatic carbocycles. The van der Waals surface area contributed by atoms with Gasteiger partial charge in [0.15, 0.2) is 0 Å². The van der Waals surface area contributed by atoms with E-state index in [0.717, 1.165) is 23.5 Å². The standard InChI is InChI=1S/C14H10F4OS/c15-11-5-2-1-4-10(11)7-8-13(19,14(16,17)18)12-6-3-9-20-12/h1-9,19H. The minimum absolute atomic E-state index is 0.0215. The molecule has 0 aliphatic rings. The van der Waals surface area contributed by atoms with Crippen molar-refractivity contribution in [3.8, 4) is 0 Å². The lowest BCUT2D eigenvalue weighted by Crippen LogP contribution is -2.39. The number of aliphatic hydroxyl groups is 1. The summed E-state index contributed by atoms with van der Waals surface area (Å²) in [5.41, 5.74) is -3.14. The largest absolute Gasteiger partial charge is 0.425 e. The molecule has 0 spiro atoms. The van der Waals surface area contributed by atoms with Crippen LogP contribution >= 0.6 is 11.3 Å². The lowest BCUT2D eigenvalue weighted by molar-refractivity contribution is -0.243. The van der Waals surface area contributed by atoms with Crippen LogP contribution in [0.15, 0.2) is 47.9 Å². The normalized spacial score (nSPS) is 15.4. The molecule has 0 saturated heterocycles. The monoisotopic (exact) mass is 302 g/mol. The van der Waals surface area contributed by atoms with E-state index in [9.17, 15) is 22.7 Å². The summed E-state index contributed by atoms with van der Waals surface area (Å²) in [6.45, 7) is 0. The van der Waals surface area contributed by atoms with Crippen LogP contribution in [0.25, 0.3) is 6.08 Å². The molecule has 1 nitrogen and oxygen atoms in total. The molecule has 6 heteroatoms. The smallest absolute Gasteiger partial charge is 0.372 e. The van der Waals surface area contributed by atoms with Gasteiger partial charge in [-0.2, -0.15) is 13.2 Å². The summed E-state index contributed by atoms with van der Waals surface area (Å²) in [5.74, 6) is -0.653. The molecule has 0 saturated carbocycles. The van der Waals surface area contributed by atoms with Crippen LogP contribution in [0, 0.1) is 5.82 Å². The Balaban J connectivity index is 2.43. The maximum atomic E-state index is 13.4. The van der Waals surface area contributed by atoms with Crippen LogP contribution in [-0.2, 0) is 5.60 Å². The summed E-state index contributed by atoms with van der Waals surface area (Å²) in [6, 6.07) is 7.99. The quantitative estimate of drug-likeness (QED) is 0.836. The molecule has 0 radical (unpaired) electrons. The molecule has 0 fully saturated rings. The average molecular weight is 302 g/mol. The fourth-order valence-corrected chi connectivity index (χ4v) is 2.46. The highest BCUT2D eigenvalue weighted by atomic mass is 32.1. The van der Waals surface area contributed by atoms with Crippen molar-refractivity contribution in [3.05, 3.63) is 64.1 Å². The highest BCUT2D eigenvalue weighted by Crippen LogP contribution is 2.42. The predicted molar refractivity (Wildman–Crippen MR) is 69.7 cm³/mol. The van der Waals surface area contributed by atoms with E-state index in [1.54, 1.807) is 0 Å². The summed E-state index contributed by atoms with van der Waals surface area (Å²) in [6.07, 6.45) is -3.39. The zero-order valence-corrected chi connectivity index (χ0v) is 10.9. The van der Waals surface area contributed by atoms with Gasteiger partial charge in [-0.3, -0.25) is 0 Å². The molecule has 1 atom stereocenters. The Labute approximate surface area is 116 Å². The van der Waals surface area contributed by atoms with Crippen molar-refractivity contribution in [3.63, 3.8) is 0 Å². The molecular weight excluding hydrogens is 292 g/mol. The van der Waals surface area contributed by atoms with Crippen LogP contribution in [0.5, 0.6) is 0 Å². The maximum Gasteiger partial charge on any atom is 0.425 e. The van der Waals surface area contributed by atoms with Gasteiger partial charge in [0.05, 0.1) is 0 Å². The molecule has 2 aromatic rings. The van der Waals surface area contributed by atoms with Crippen LogP contribution < -0.4 is 0 Å². The van der Waals surface area contributed by atoms with Crippen molar-refractivity contribution < 1.29 is 22.7 Å². The van der Waals surface area contributed by atoms with Crippen LogP contribution in [0.2, 0.25) is 0 Å². The Morgan fingerprint density at radius 2 is 1.75 bits per heavy atom. The Bertz CT molecular complexity index is 604. The first kappa shape index (κ1) is 14.7. The number of hydrogen-bond donors (Lipinski definition) is 1. The van der Waals surface area contributed by atoms with Gasteiger partial charge in [0.1, 0.15) is 5.82 Å². The molecular formula is C14H10F4OS. The number of halogens is 4.